The van der Waals surface area contributed by atoms with Gasteiger partial charge in [-0.2, -0.15) is 14.9 Å². The molecule has 1 aromatic carbocycles. The minimum atomic E-state index is -0.401. The van der Waals surface area contributed by atoms with Gasteiger partial charge in [-0.25, -0.2) is 0 Å². The number of nitrogens with one attached hydrogen (secondary N) is 1. The molecule has 0 saturated heterocycles. The molecule has 0 bridgehead atoms. The monoisotopic (exact) mass is 269 g/mol. The highest BCUT2D eigenvalue weighted by Gasteiger charge is 2.11. The first-order valence-corrected chi connectivity index (χ1v) is 5.93. The zero-order chi connectivity index (χ0) is 14.1. The number of hydrogen-bond acceptors (Lipinski definition) is 5. The molecule has 7 heteroatoms. The number of aromatic hydroxyl groups is 1. The highest BCUT2D eigenvalue weighted by molar-refractivity contribution is 5.48. The normalized spacial score (nSPS) is 10.7. The molecule has 3 aromatic rings. The average Bonchev–Trinajstić information content (AvgIpc) is 2.95. The number of rotatable bonds is 2. The van der Waals surface area contributed by atoms with Gasteiger partial charge < -0.3 is 10.1 Å². The van der Waals surface area contributed by atoms with Gasteiger partial charge in [-0.05, 0) is 19.1 Å². The molecular formula is C13H11N5O2. The summed E-state index contributed by atoms with van der Waals surface area (Å²) in [5.74, 6) is -0.127. The van der Waals surface area contributed by atoms with Crippen molar-refractivity contribution in [3.8, 4) is 23.1 Å². The minimum Gasteiger partial charge on any atom is -0.493 e. The van der Waals surface area contributed by atoms with E-state index in [4.69, 9.17) is 0 Å². The lowest BCUT2D eigenvalue weighted by Crippen LogP contribution is -2.12. The van der Waals surface area contributed by atoms with Gasteiger partial charge in [0.2, 0.25) is 5.88 Å². The average molecular weight is 269 g/mol. The Bertz CT molecular complexity index is 807. The van der Waals surface area contributed by atoms with E-state index in [1.54, 1.807) is 0 Å². The topological polar surface area (TPSA) is 96.7 Å². The van der Waals surface area contributed by atoms with Gasteiger partial charge in [0.05, 0.1) is 17.4 Å². The van der Waals surface area contributed by atoms with Crippen molar-refractivity contribution < 1.29 is 5.11 Å². The molecule has 0 fully saturated rings. The summed E-state index contributed by atoms with van der Waals surface area (Å²) in [6.45, 7) is 1.49. The van der Waals surface area contributed by atoms with Crippen molar-refractivity contribution in [3.63, 3.8) is 0 Å². The summed E-state index contributed by atoms with van der Waals surface area (Å²) in [4.78, 5) is 19.5. The number of hydrogen-bond donors (Lipinski definition) is 2. The van der Waals surface area contributed by atoms with Crippen LogP contribution in [-0.2, 0) is 0 Å². The van der Waals surface area contributed by atoms with E-state index in [0.717, 1.165) is 5.69 Å². The number of para-hydroxylation sites is 1. The molecule has 0 aliphatic carbocycles. The summed E-state index contributed by atoms with van der Waals surface area (Å²) in [7, 11) is 0. The summed E-state index contributed by atoms with van der Waals surface area (Å²) in [5.41, 5.74) is 0.935. The van der Waals surface area contributed by atoms with Gasteiger partial charge in [0, 0.05) is 0 Å². The zero-order valence-corrected chi connectivity index (χ0v) is 10.6. The Balaban J connectivity index is 2.05. The van der Waals surface area contributed by atoms with Crippen LogP contribution < -0.4 is 5.56 Å². The fourth-order valence-electron chi connectivity index (χ4n) is 1.70. The number of aromatic nitrogens is 5. The third-order valence-corrected chi connectivity index (χ3v) is 2.85. The van der Waals surface area contributed by atoms with Gasteiger partial charge in [-0.1, -0.05) is 18.2 Å². The molecule has 0 saturated carbocycles. The van der Waals surface area contributed by atoms with E-state index in [1.165, 1.54) is 17.9 Å². The molecule has 2 N–H and O–H groups in total. The van der Waals surface area contributed by atoms with Crippen LogP contribution in [0.15, 0.2) is 41.3 Å². The van der Waals surface area contributed by atoms with E-state index in [-0.39, 0.29) is 17.3 Å². The van der Waals surface area contributed by atoms with Crippen molar-refractivity contribution in [2.45, 2.75) is 6.92 Å². The van der Waals surface area contributed by atoms with E-state index in [1.807, 2.05) is 30.3 Å². The number of benzene rings is 1. The number of H-pyrrole nitrogens is 1. The second kappa shape index (κ2) is 4.61. The molecule has 0 spiro atoms. The van der Waals surface area contributed by atoms with Gasteiger partial charge in [0.25, 0.3) is 5.56 Å². The Hall–Kier alpha value is -2.96. The minimum absolute atomic E-state index is 0.171. The van der Waals surface area contributed by atoms with Gasteiger partial charge in [-0.15, -0.1) is 5.10 Å². The van der Waals surface area contributed by atoms with Crippen molar-refractivity contribution in [1.82, 2.24) is 25.0 Å². The van der Waals surface area contributed by atoms with E-state index in [2.05, 4.69) is 20.2 Å². The molecule has 2 aromatic heterocycles. The molecule has 100 valence electrons. The summed E-state index contributed by atoms with van der Waals surface area (Å²) in [5, 5.41) is 17.9. The molecule has 0 aliphatic rings. The van der Waals surface area contributed by atoms with Crippen molar-refractivity contribution >= 4 is 0 Å². The smallest absolute Gasteiger partial charge is 0.257 e. The first-order chi connectivity index (χ1) is 9.65. The van der Waals surface area contributed by atoms with Crippen LogP contribution in [0.25, 0.3) is 17.2 Å². The molecular weight excluding hydrogens is 258 g/mol. The maximum Gasteiger partial charge on any atom is 0.257 e. The quantitative estimate of drug-likeness (QED) is 0.724. The predicted octanol–water partition coefficient (Wildman–Crippen LogP) is 1.03. The Morgan fingerprint density at radius 3 is 2.70 bits per heavy atom. The Kier molecular flexibility index (Phi) is 2.79. The molecule has 0 radical (unpaired) electrons. The first kappa shape index (κ1) is 12.1. The molecule has 0 amide bonds. The van der Waals surface area contributed by atoms with Crippen molar-refractivity contribution in [2.75, 3.05) is 0 Å². The molecule has 7 nitrogen and oxygen atoms in total. The van der Waals surface area contributed by atoms with Crippen molar-refractivity contribution in [2.24, 2.45) is 0 Å². The lowest BCUT2D eigenvalue weighted by molar-refractivity contribution is 0.447. The maximum absolute atomic E-state index is 11.6. The van der Waals surface area contributed by atoms with Gasteiger partial charge >= 0.3 is 0 Å². The summed E-state index contributed by atoms with van der Waals surface area (Å²) >= 11 is 0. The molecule has 0 aliphatic heterocycles. The third-order valence-electron chi connectivity index (χ3n) is 2.85. The molecule has 0 unspecified atom stereocenters. The van der Waals surface area contributed by atoms with Crippen LogP contribution >= 0.6 is 0 Å². The molecule has 2 heterocycles. The lowest BCUT2D eigenvalue weighted by Gasteiger charge is -2.00. The fraction of sp³-hybridized carbons (Fsp3) is 0.0769. The van der Waals surface area contributed by atoms with Crippen LogP contribution in [-0.4, -0.2) is 30.1 Å². The summed E-state index contributed by atoms with van der Waals surface area (Å²) < 4.78 is 0. The van der Waals surface area contributed by atoms with E-state index in [0.29, 0.717) is 5.69 Å². The molecule has 3 rings (SSSR count). The second-order valence-electron chi connectivity index (χ2n) is 4.22. The standard InChI is InChI=1S/C13H11N5O2/c1-8-12(19)15-11(16-13(8)20)10-7-14-18(17-10)9-5-3-2-4-6-9/h2-7H,1H3,(H2,15,16,19,20). The maximum atomic E-state index is 11.6. The Morgan fingerprint density at radius 2 is 2.00 bits per heavy atom. The fourth-order valence-corrected chi connectivity index (χ4v) is 1.70. The Morgan fingerprint density at radius 1 is 1.25 bits per heavy atom. The number of nitrogens with zero attached hydrogens (tertiary/aromatic N) is 4. The van der Waals surface area contributed by atoms with Crippen LogP contribution in [0.1, 0.15) is 5.56 Å². The first-order valence-electron chi connectivity index (χ1n) is 5.93. The SMILES string of the molecule is Cc1c(O)nc(-c2cnn(-c3ccccc3)n2)[nH]c1=O. The second-order valence-corrected chi connectivity index (χ2v) is 4.22. The van der Waals surface area contributed by atoms with Crippen LogP contribution in [0.5, 0.6) is 5.88 Å². The molecule has 20 heavy (non-hydrogen) atoms. The van der Waals surface area contributed by atoms with E-state index >= 15 is 0 Å². The highest BCUT2D eigenvalue weighted by Crippen LogP contribution is 2.15. The zero-order valence-electron chi connectivity index (χ0n) is 10.6. The van der Waals surface area contributed by atoms with Crippen LogP contribution in [0.3, 0.4) is 0 Å². The largest absolute Gasteiger partial charge is 0.493 e. The van der Waals surface area contributed by atoms with Crippen LogP contribution in [0.2, 0.25) is 0 Å². The van der Waals surface area contributed by atoms with Crippen LogP contribution in [0.4, 0.5) is 0 Å². The van der Waals surface area contributed by atoms with Gasteiger partial charge in [0.1, 0.15) is 5.69 Å². The Labute approximate surface area is 113 Å². The van der Waals surface area contributed by atoms with E-state index < -0.39 is 5.56 Å². The van der Waals surface area contributed by atoms with Crippen molar-refractivity contribution in [1.29, 1.82) is 0 Å². The summed E-state index contributed by atoms with van der Waals surface area (Å²) in [6.07, 6.45) is 1.47. The highest BCUT2D eigenvalue weighted by atomic mass is 16.3. The predicted molar refractivity (Wildman–Crippen MR) is 71.6 cm³/mol. The number of aromatic amines is 1. The van der Waals surface area contributed by atoms with Crippen LogP contribution in [0, 0.1) is 6.92 Å². The van der Waals surface area contributed by atoms with Gasteiger partial charge in [0.15, 0.2) is 5.82 Å². The molecule has 0 atom stereocenters. The van der Waals surface area contributed by atoms with Crippen molar-refractivity contribution in [3.05, 3.63) is 52.4 Å². The third kappa shape index (κ3) is 2.05. The van der Waals surface area contributed by atoms with E-state index in [9.17, 15) is 9.90 Å². The summed E-state index contributed by atoms with van der Waals surface area (Å²) in [6, 6.07) is 9.34. The van der Waals surface area contributed by atoms with Gasteiger partial charge in [-0.3, -0.25) is 4.79 Å². The lowest BCUT2D eigenvalue weighted by atomic mass is 10.3.